The monoisotopic (exact) mass is 247 g/mol. The minimum absolute atomic E-state index is 0.0630. The van der Waals surface area contributed by atoms with Crippen LogP contribution >= 0.6 is 0 Å². The van der Waals surface area contributed by atoms with Crippen LogP contribution in [0.2, 0.25) is 0 Å². The molecule has 1 nitrogen and oxygen atoms in total. The van der Waals surface area contributed by atoms with Crippen molar-refractivity contribution in [2.24, 2.45) is 0 Å². The highest BCUT2D eigenvalue weighted by Gasteiger charge is 2.21. The lowest BCUT2D eigenvalue weighted by atomic mass is 9.96. The first-order valence-corrected chi connectivity index (χ1v) is 6.90. The van der Waals surface area contributed by atoms with E-state index in [1.54, 1.807) is 6.07 Å². The largest absolute Gasteiger partial charge is 0.306 e. The summed E-state index contributed by atoms with van der Waals surface area (Å²) in [4.78, 5) is 0. The third-order valence-electron chi connectivity index (χ3n) is 3.51. The molecule has 0 aromatic heterocycles. The van der Waals surface area contributed by atoms with E-state index >= 15 is 0 Å². The molecule has 98 valence electrons. The summed E-state index contributed by atoms with van der Waals surface area (Å²) in [6.45, 7) is 4.99. The summed E-state index contributed by atoms with van der Waals surface area (Å²) in [7, 11) is 0. The summed E-state index contributed by atoms with van der Waals surface area (Å²) in [5.74, 6) is -0.0867. The van der Waals surface area contributed by atoms with Crippen LogP contribution in [0.5, 0.6) is 0 Å². The Kier molecular flexibility index (Phi) is 4.54. The maximum absolute atomic E-state index is 14.1. The van der Waals surface area contributed by atoms with Crippen LogP contribution in [0.3, 0.4) is 0 Å². The molecular formula is C16H22FN. The van der Waals surface area contributed by atoms with Crippen LogP contribution in [0.4, 0.5) is 4.39 Å². The van der Waals surface area contributed by atoms with Gasteiger partial charge in [0.1, 0.15) is 5.82 Å². The SMILES string of the molecule is CCCNC(C1=CCCC1)c1ccc(C)cc1F. The zero-order valence-electron chi connectivity index (χ0n) is 11.3. The minimum atomic E-state index is -0.0867. The highest BCUT2D eigenvalue weighted by atomic mass is 19.1. The molecule has 1 aromatic carbocycles. The van der Waals surface area contributed by atoms with Crippen molar-refractivity contribution in [2.75, 3.05) is 6.54 Å². The van der Waals surface area contributed by atoms with Crippen LogP contribution in [0.15, 0.2) is 29.8 Å². The van der Waals surface area contributed by atoms with E-state index in [-0.39, 0.29) is 11.9 Å². The first-order chi connectivity index (χ1) is 8.72. The minimum Gasteiger partial charge on any atom is -0.306 e. The summed E-state index contributed by atoms with van der Waals surface area (Å²) in [5.41, 5.74) is 3.12. The zero-order valence-corrected chi connectivity index (χ0v) is 11.3. The molecular weight excluding hydrogens is 225 g/mol. The topological polar surface area (TPSA) is 12.0 Å². The molecule has 0 saturated heterocycles. The quantitative estimate of drug-likeness (QED) is 0.766. The Labute approximate surface area is 109 Å². The fourth-order valence-corrected chi connectivity index (χ4v) is 2.55. The molecule has 18 heavy (non-hydrogen) atoms. The van der Waals surface area contributed by atoms with E-state index in [0.29, 0.717) is 0 Å². The normalized spacial score (nSPS) is 16.7. The Hall–Kier alpha value is -1.15. The molecule has 1 atom stereocenters. The molecule has 1 aliphatic rings. The van der Waals surface area contributed by atoms with Gasteiger partial charge in [-0.1, -0.05) is 30.7 Å². The lowest BCUT2D eigenvalue weighted by Gasteiger charge is -2.21. The van der Waals surface area contributed by atoms with Crippen LogP contribution in [-0.2, 0) is 0 Å². The number of rotatable bonds is 5. The third kappa shape index (κ3) is 2.99. The second-order valence-electron chi connectivity index (χ2n) is 5.08. The van der Waals surface area contributed by atoms with E-state index in [9.17, 15) is 4.39 Å². The molecule has 0 spiro atoms. The molecule has 0 aliphatic heterocycles. The molecule has 0 heterocycles. The summed E-state index contributed by atoms with van der Waals surface area (Å²) < 4.78 is 14.1. The average Bonchev–Trinajstić information content (AvgIpc) is 2.85. The Bertz CT molecular complexity index is 437. The Morgan fingerprint density at radius 2 is 2.22 bits per heavy atom. The maximum Gasteiger partial charge on any atom is 0.128 e. The Balaban J connectivity index is 2.26. The van der Waals surface area contributed by atoms with Crippen molar-refractivity contribution in [3.8, 4) is 0 Å². The number of allylic oxidation sites excluding steroid dienone is 1. The van der Waals surface area contributed by atoms with Gasteiger partial charge in [-0.3, -0.25) is 0 Å². The molecule has 2 rings (SSSR count). The van der Waals surface area contributed by atoms with Crippen molar-refractivity contribution in [3.63, 3.8) is 0 Å². The smallest absolute Gasteiger partial charge is 0.128 e. The highest BCUT2D eigenvalue weighted by molar-refractivity contribution is 5.33. The first kappa shape index (κ1) is 13.3. The van der Waals surface area contributed by atoms with Gasteiger partial charge in [0.25, 0.3) is 0 Å². The number of halogens is 1. The molecule has 1 N–H and O–H groups in total. The van der Waals surface area contributed by atoms with Gasteiger partial charge in [0.15, 0.2) is 0 Å². The van der Waals surface area contributed by atoms with E-state index in [1.165, 1.54) is 12.0 Å². The summed E-state index contributed by atoms with van der Waals surface area (Å²) >= 11 is 0. The fraction of sp³-hybridized carbons (Fsp3) is 0.500. The number of aryl methyl sites for hydroxylation is 1. The van der Waals surface area contributed by atoms with Gasteiger partial charge in [-0.2, -0.15) is 0 Å². The van der Waals surface area contributed by atoms with Crippen molar-refractivity contribution in [2.45, 2.75) is 45.6 Å². The van der Waals surface area contributed by atoms with E-state index < -0.39 is 0 Å². The standard InChI is InChI=1S/C16H22FN/c1-3-10-18-16(13-6-4-5-7-13)14-9-8-12(2)11-15(14)17/h6,8-9,11,16,18H,3-5,7,10H2,1-2H3. The molecule has 1 unspecified atom stereocenters. The molecule has 0 radical (unpaired) electrons. The number of hydrogen-bond donors (Lipinski definition) is 1. The maximum atomic E-state index is 14.1. The predicted octanol–water partition coefficient (Wildman–Crippen LogP) is 4.29. The van der Waals surface area contributed by atoms with E-state index in [0.717, 1.165) is 36.9 Å². The number of benzene rings is 1. The van der Waals surface area contributed by atoms with Crippen LogP contribution < -0.4 is 5.32 Å². The first-order valence-electron chi connectivity index (χ1n) is 6.90. The Morgan fingerprint density at radius 3 is 2.83 bits per heavy atom. The third-order valence-corrected chi connectivity index (χ3v) is 3.51. The zero-order chi connectivity index (χ0) is 13.0. The lowest BCUT2D eigenvalue weighted by Crippen LogP contribution is -2.24. The summed E-state index contributed by atoms with van der Waals surface area (Å²) in [5, 5.41) is 3.48. The van der Waals surface area contributed by atoms with Crippen LogP contribution in [0, 0.1) is 12.7 Å². The fourth-order valence-electron chi connectivity index (χ4n) is 2.55. The van der Waals surface area contributed by atoms with Crippen molar-refractivity contribution in [1.82, 2.24) is 5.32 Å². The van der Waals surface area contributed by atoms with E-state index in [2.05, 4.69) is 18.3 Å². The van der Waals surface area contributed by atoms with Gasteiger partial charge in [-0.25, -0.2) is 4.39 Å². The van der Waals surface area contributed by atoms with Crippen LogP contribution in [0.25, 0.3) is 0 Å². The second-order valence-corrected chi connectivity index (χ2v) is 5.08. The van der Waals surface area contributed by atoms with Gasteiger partial charge in [0.05, 0.1) is 6.04 Å². The molecule has 1 aromatic rings. The number of nitrogens with one attached hydrogen (secondary N) is 1. The predicted molar refractivity (Wildman–Crippen MR) is 74.1 cm³/mol. The molecule has 2 heteroatoms. The lowest BCUT2D eigenvalue weighted by molar-refractivity contribution is 0.534. The molecule has 1 aliphatic carbocycles. The summed E-state index contributed by atoms with van der Waals surface area (Å²) in [6, 6.07) is 5.62. The van der Waals surface area contributed by atoms with Gasteiger partial charge in [-0.05, 0) is 50.8 Å². The van der Waals surface area contributed by atoms with Crippen LogP contribution in [-0.4, -0.2) is 6.54 Å². The van der Waals surface area contributed by atoms with Crippen molar-refractivity contribution in [1.29, 1.82) is 0 Å². The van der Waals surface area contributed by atoms with Gasteiger partial charge >= 0.3 is 0 Å². The van der Waals surface area contributed by atoms with Crippen molar-refractivity contribution >= 4 is 0 Å². The van der Waals surface area contributed by atoms with Crippen molar-refractivity contribution in [3.05, 3.63) is 46.8 Å². The Morgan fingerprint density at radius 1 is 1.39 bits per heavy atom. The molecule has 0 amide bonds. The average molecular weight is 247 g/mol. The van der Waals surface area contributed by atoms with Gasteiger partial charge in [0.2, 0.25) is 0 Å². The molecule has 0 saturated carbocycles. The van der Waals surface area contributed by atoms with E-state index in [4.69, 9.17) is 0 Å². The second kappa shape index (κ2) is 6.14. The molecule has 0 bridgehead atoms. The summed E-state index contributed by atoms with van der Waals surface area (Å²) in [6.07, 6.45) is 6.76. The van der Waals surface area contributed by atoms with E-state index in [1.807, 2.05) is 19.1 Å². The van der Waals surface area contributed by atoms with Crippen LogP contribution in [0.1, 0.15) is 49.8 Å². The highest BCUT2D eigenvalue weighted by Crippen LogP contribution is 2.32. The van der Waals surface area contributed by atoms with Gasteiger partial charge in [0, 0.05) is 5.56 Å². The van der Waals surface area contributed by atoms with Crippen molar-refractivity contribution < 1.29 is 4.39 Å². The number of hydrogen-bond acceptors (Lipinski definition) is 1. The van der Waals surface area contributed by atoms with Gasteiger partial charge in [-0.15, -0.1) is 0 Å². The molecule has 0 fully saturated rings. The van der Waals surface area contributed by atoms with Gasteiger partial charge < -0.3 is 5.32 Å².